The molecule has 0 aromatic heterocycles. The minimum absolute atomic E-state index is 0.230. The molecule has 2 saturated carbocycles. The number of ether oxygens (including phenoxy) is 3. The number of rotatable bonds is 4. The van der Waals surface area contributed by atoms with Crippen molar-refractivity contribution in [3.05, 3.63) is 0 Å². The van der Waals surface area contributed by atoms with E-state index in [0.29, 0.717) is 6.04 Å². The maximum Gasteiger partial charge on any atom is 0.171 e. The van der Waals surface area contributed by atoms with Crippen molar-refractivity contribution in [2.75, 3.05) is 26.9 Å². The summed E-state index contributed by atoms with van der Waals surface area (Å²) in [6.45, 7) is 2.39. The van der Waals surface area contributed by atoms with Crippen molar-refractivity contribution in [1.29, 1.82) is 0 Å². The molecule has 0 radical (unpaired) electrons. The molecule has 0 aromatic carbocycles. The Bertz CT molecular complexity index is 298. The van der Waals surface area contributed by atoms with E-state index >= 15 is 0 Å². The summed E-state index contributed by atoms with van der Waals surface area (Å²) >= 11 is 0. The zero-order chi connectivity index (χ0) is 13.8. The van der Waals surface area contributed by atoms with Gasteiger partial charge in [-0.15, -0.1) is 0 Å². The van der Waals surface area contributed by atoms with E-state index in [2.05, 4.69) is 5.32 Å². The first-order chi connectivity index (χ1) is 9.81. The second kappa shape index (κ2) is 6.73. The van der Waals surface area contributed by atoms with Gasteiger partial charge >= 0.3 is 0 Å². The van der Waals surface area contributed by atoms with Crippen molar-refractivity contribution < 1.29 is 14.2 Å². The van der Waals surface area contributed by atoms with E-state index in [0.717, 1.165) is 45.0 Å². The average molecular weight is 283 g/mol. The molecule has 1 saturated heterocycles. The lowest BCUT2D eigenvalue weighted by Gasteiger charge is -2.41. The summed E-state index contributed by atoms with van der Waals surface area (Å²) in [5, 5.41) is 3.41. The summed E-state index contributed by atoms with van der Waals surface area (Å²) < 4.78 is 18.0. The van der Waals surface area contributed by atoms with Crippen LogP contribution in [0.5, 0.6) is 0 Å². The molecule has 3 fully saturated rings. The molecule has 3 aliphatic rings. The quantitative estimate of drug-likeness (QED) is 0.860. The zero-order valence-corrected chi connectivity index (χ0v) is 12.7. The highest BCUT2D eigenvalue weighted by atomic mass is 16.7. The summed E-state index contributed by atoms with van der Waals surface area (Å²) in [6.07, 6.45) is 10.0. The van der Waals surface area contributed by atoms with Crippen LogP contribution in [0.3, 0.4) is 0 Å². The lowest BCUT2D eigenvalue weighted by Crippen LogP contribution is -2.51. The Kier molecular flexibility index (Phi) is 4.97. The Morgan fingerprint density at radius 3 is 2.55 bits per heavy atom. The van der Waals surface area contributed by atoms with Crippen molar-refractivity contribution >= 4 is 0 Å². The fourth-order valence-electron chi connectivity index (χ4n) is 3.99. The molecule has 4 nitrogen and oxygen atoms in total. The molecule has 1 spiro atoms. The van der Waals surface area contributed by atoms with Crippen molar-refractivity contribution in [3.63, 3.8) is 0 Å². The topological polar surface area (TPSA) is 39.7 Å². The largest absolute Gasteiger partial charge is 0.376 e. The molecule has 2 unspecified atom stereocenters. The lowest BCUT2D eigenvalue weighted by molar-refractivity contribution is -0.208. The average Bonchev–Trinajstić information content (AvgIpc) is 2.94. The number of nitrogens with one attached hydrogen (secondary N) is 1. The molecule has 2 atom stereocenters. The fourth-order valence-corrected chi connectivity index (χ4v) is 3.99. The molecule has 0 aromatic rings. The van der Waals surface area contributed by atoms with Gasteiger partial charge in [-0.3, -0.25) is 0 Å². The standard InChI is InChI=1S/C16H29NO3/c1-17-14-7-8-16(19-9-10-20-16)11-15(14)18-12-13-5-3-2-4-6-13/h13-15,17H,2-12H2,1H3. The van der Waals surface area contributed by atoms with Gasteiger partial charge in [0.15, 0.2) is 5.79 Å². The second-order valence-electron chi connectivity index (χ2n) is 6.62. The second-order valence-corrected chi connectivity index (χ2v) is 6.62. The van der Waals surface area contributed by atoms with Crippen molar-refractivity contribution in [1.82, 2.24) is 5.32 Å². The minimum Gasteiger partial charge on any atom is -0.376 e. The third kappa shape index (κ3) is 3.35. The number of hydrogen-bond acceptors (Lipinski definition) is 4. The van der Waals surface area contributed by atoms with Gasteiger partial charge in [-0.2, -0.15) is 0 Å². The van der Waals surface area contributed by atoms with E-state index in [9.17, 15) is 0 Å². The molecule has 4 heteroatoms. The maximum atomic E-state index is 6.29. The minimum atomic E-state index is -0.343. The summed E-state index contributed by atoms with van der Waals surface area (Å²) in [5.74, 6) is 0.425. The predicted molar refractivity (Wildman–Crippen MR) is 77.6 cm³/mol. The first-order valence-electron chi connectivity index (χ1n) is 8.38. The van der Waals surface area contributed by atoms with Crippen molar-refractivity contribution in [2.24, 2.45) is 5.92 Å². The Balaban J connectivity index is 1.53. The third-order valence-electron chi connectivity index (χ3n) is 5.25. The smallest absolute Gasteiger partial charge is 0.171 e. The van der Waals surface area contributed by atoms with Gasteiger partial charge in [-0.1, -0.05) is 19.3 Å². The van der Waals surface area contributed by atoms with Gasteiger partial charge < -0.3 is 19.5 Å². The highest BCUT2D eigenvalue weighted by Gasteiger charge is 2.45. The van der Waals surface area contributed by atoms with Crippen LogP contribution in [0.4, 0.5) is 0 Å². The molecule has 116 valence electrons. The van der Waals surface area contributed by atoms with Crippen LogP contribution in [0.2, 0.25) is 0 Å². The number of likely N-dealkylation sites (N-methyl/N-ethyl adjacent to an activating group) is 1. The maximum absolute atomic E-state index is 6.29. The molecular formula is C16H29NO3. The monoisotopic (exact) mass is 283 g/mol. The molecular weight excluding hydrogens is 254 g/mol. The van der Waals surface area contributed by atoms with E-state index in [4.69, 9.17) is 14.2 Å². The normalized spacial score (nSPS) is 34.6. The van der Waals surface area contributed by atoms with Gasteiger partial charge in [0.05, 0.1) is 19.3 Å². The number of hydrogen-bond donors (Lipinski definition) is 1. The van der Waals surface area contributed by atoms with E-state index in [1.165, 1.54) is 32.1 Å². The molecule has 0 bridgehead atoms. The summed E-state index contributed by atoms with van der Waals surface area (Å²) in [7, 11) is 2.04. The van der Waals surface area contributed by atoms with Crippen LogP contribution in [0.15, 0.2) is 0 Å². The van der Waals surface area contributed by atoms with Crippen molar-refractivity contribution in [3.8, 4) is 0 Å². The van der Waals surface area contributed by atoms with Gasteiger partial charge in [0.2, 0.25) is 0 Å². The molecule has 1 aliphatic heterocycles. The Labute approximate surface area is 122 Å². The molecule has 2 aliphatic carbocycles. The van der Waals surface area contributed by atoms with Gasteiger partial charge in [0, 0.05) is 25.5 Å². The Hall–Kier alpha value is -0.160. The van der Waals surface area contributed by atoms with Crippen LogP contribution >= 0.6 is 0 Å². The first-order valence-corrected chi connectivity index (χ1v) is 8.38. The third-order valence-corrected chi connectivity index (χ3v) is 5.25. The summed E-state index contributed by atoms with van der Waals surface area (Å²) in [4.78, 5) is 0. The van der Waals surface area contributed by atoms with E-state index in [1.54, 1.807) is 0 Å². The van der Waals surface area contributed by atoms with Crippen LogP contribution < -0.4 is 5.32 Å². The highest BCUT2D eigenvalue weighted by Crippen LogP contribution is 2.37. The van der Waals surface area contributed by atoms with E-state index in [-0.39, 0.29) is 11.9 Å². The van der Waals surface area contributed by atoms with Crippen LogP contribution in [-0.4, -0.2) is 44.8 Å². The SMILES string of the molecule is CNC1CCC2(CC1OCC1CCCCC1)OCCO2. The van der Waals surface area contributed by atoms with E-state index in [1.807, 2.05) is 7.05 Å². The first kappa shape index (κ1) is 14.8. The van der Waals surface area contributed by atoms with Gasteiger partial charge in [0.25, 0.3) is 0 Å². The summed E-state index contributed by atoms with van der Waals surface area (Å²) in [5.41, 5.74) is 0. The van der Waals surface area contributed by atoms with Crippen LogP contribution in [0.1, 0.15) is 51.4 Å². The molecule has 1 heterocycles. The van der Waals surface area contributed by atoms with Crippen LogP contribution in [-0.2, 0) is 14.2 Å². The highest BCUT2D eigenvalue weighted by molar-refractivity contribution is 4.92. The molecule has 20 heavy (non-hydrogen) atoms. The Morgan fingerprint density at radius 2 is 1.85 bits per heavy atom. The zero-order valence-electron chi connectivity index (χ0n) is 12.7. The summed E-state index contributed by atoms with van der Waals surface area (Å²) in [6, 6.07) is 0.442. The van der Waals surface area contributed by atoms with E-state index < -0.39 is 0 Å². The van der Waals surface area contributed by atoms with Crippen molar-refractivity contribution in [2.45, 2.75) is 69.3 Å². The molecule has 3 rings (SSSR count). The molecule has 1 N–H and O–H groups in total. The van der Waals surface area contributed by atoms with Gasteiger partial charge in [-0.05, 0) is 32.2 Å². The van der Waals surface area contributed by atoms with Gasteiger partial charge in [-0.25, -0.2) is 0 Å². The van der Waals surface area contributed by atoms with Crippen LogP contribution in [0, 0.1) is 5.92 Å². The Morgan fingerprint density at radius 1 is 1.10 bits per heavy atom. The lowest BCUT2D eigenvalue weighted by atomic mass is 9.86. The fraction of sp³-hybridized carbons (Fsp3) is 1.00. The van der Waals surface area contributed by atoms with Gasteiger partial charge in [0.1, 0.15) is 0 Å². The predicted octanol–water partition coefficient (Wildman–Crippen LogP) is 2.47. The molecule has 0 amide bonds. The van der Waals surface area contributed by atoms with Crippen LogP contribution in [0.25, 0.3) is 0 Å².